The second-order valence-electron chi connectivity index (χ2n) is 7.24. The SMILES string of the molecule is CCC(CC)(CNC1CCCOCC1)NC(=O)OC(C)(C)C. The molecule has 1 saturated heterocycles. The summed E-state index contributed by atoms with van der Waals surface area (Å²) in [6.45, 7) is 12.3. The van der Waals surface area contributed by atoms with Crippen molar-refractivity contribution in [2.24, 2.45) is 0 Å². The topological polar surface area (TPSA) is 59.6 Å². The maximum absolute atomic E-state index is 12.1. The first-order valence-electron chi connectivity index (χ1n) is 8.62. The Kier molecular flexibility index (Phi) is 7.63. The first-order chi connectivity index (χ1) is 10.3. The number of nitrogens with one attached hydrogen (secondary N) is 2. The predicted molar refractivity (Wildman–Crippen MR) is 89.1 cm³/mol. The summed E-state index contributed by atoms with van der Waals surface area (Å²) in [5.74, 6) is 0. The van der Waals surface area contributed by atoms with Gasteiger partial charge in [0.2, 0.25) is 0 Å². The molecule has 1 heterocycles. The van der Waals surface area contributed by atoms with Gasteiger partial charge in [0.25, 0.3) is 0 Å². The third kappa shape index (κ3) is 6.97. The number of ether oxygens (including phenoxy) is 2. The number of amides is 1. The lowest BCUT2D eigenvalue weighted by atomic mass is 9.92. The molecule has 0 aliphatic carbocycles. The lowest BCUT2D eigenvalue weighted by Crippen LogP contribution is -2.56. The first kappa shape index (κ1) is 19.2. The number of alkyl carbamates (subject to hydrolysis) is 1. The minimum Gasteiger partial charge on any atom is -0.444 e. The molecule has 1 fully saturated rings. The summed E-state index contributed by atoms with van der Waals surface area (Å²) in [4.78, 5) is 12.1. The molecule has 1 rings (SSSR count). The Morgan fingerprint density at radius 3 is 2.45 bits per heavy atom. The van der Waals surface area contributed by atoms with Crippen molar-refractivity contribution in [2.45, 2.75) is 83.9 Å². The Labute approximate surface area is 135 Å². The quantitative estimate of drug-likeness (QED) is 0.790. The van der Waals surface area contributed by atoms with Crippen LogP contribution in [0.25, 0.3) is 0 Å². The summed E-state index contributed by atoms with van der Waals surface area (Å²) in [6.07, 6.45) is 4.69. The Bertz CT molecular complexity index is 327. The van der Waals surface area contributed by atoms with Gasteiger partial charge in [0, 0.05) is 25.8 Å². The molecule has 0 aromatic heterocycles. The van der Waals surface area contributed by atoms with Gasteiger partial charge in [-0.25, -0.2) is 4.79 Å². The van der Waals surface area contributed by atoms with E-state index in [1.807, 2.05) is 20.8 Å². The van der Waals surface area contributed by atoms with Gasteiger partial charge >= 0.3 is 6.09 Å². The van der Waals surface area contributed by atoms with Crippen LogP contribution in [0.4, 0.5) is 4.79 Å². The van der Waals surface area contributed by atoms with Crippen LogP contribution in [0.3, 0.4) is 0 Å². The summed E-state index contributed by atoms with van der Waals surface area (Å²) < 4.78 is 10.9. The predicted octanol–water partition coefficient (Wildman–Crippen LogP) is 3.23. The molecular formula is C17H34N2O3. The van der Waals surface area contributed by atoms with E-state index in [1.54, 1.807) is 0 Å². The smallest absolute Gasteiger partial charge is 0.408 e. The van der Waals surface area contributed by atoms with Crippen LogP contribution in [0.5, 0.6) is 0 Å². The van der Waals surface area contributed by atoms with Crippen molar-refractivity contribution in [2.75, 3.05) is 19.8 Å². The van der Waals surface area contributed by atoms with Gasteiger partial charge in [0.15, 0.2) is 0 Å². The van der Waals surface area contributed by atoms with E-state index in [0.717, 1.165) is 51.9 Å². The highest BCUT2D eigenvalue weighted by molar-refractivity contribution is 5.68. The fourth-order valence-electron chi connectivity index (χ4n) is 2.69. The molecule has 0 aromatic carbocycles. The number of hydrogen-bond donors (Lipinski definition) is 2. The van der Waals surface area contributed by atoms with E-state index >= 15 is 0 Å². The number of carbonyl (C=O) groups excluding carboxylic acids is 1. The fourth-order valence-corrected chi connectivity index (χ4v) is 2.69. The highest BCUT2D eigenvalue weighted by Crippen LogP contribution is 2.18. The summed E-state index contributed by atoms with van der Waals surface area (Å²) >= 11 is 0. The van der Waals surface area contributed by atoms with Crippen LogP contribution in [-0.4, -0.2) is 43.0 Å². The van der Waals surface area contributed by atoms with Crippen LogP contribution >= 0.6 is 0 Å². The molecule has 1 amide bonds. The van der Waals surface area contributed by atoms with Crippen LogP contribution < -0.4 is 10.6 Å². The molecule has 1 atom stereocenters. The van der Waals surface area contributed by atoms with Crippen LogP contribution in [0.15, 0.2) is 0 Å². The van der Waals surface area contributed by atoms with Crippen molar-refractivity contribution >= 4 is 6.09 Å². The molecule has 0 saturated carbocycles. The van der Waals surface area contributed by atoms with E-state index < -0.39 is 5.60 Å². The van der Waals surface area contributed by atoms with Crippen molar-refractivity contribution in [3.8, 4) is 0 Å². The number of rotatable bonds is 6. The average Bonchev–Trinajstić information content (AvgIpc) is 2.70. The third-order valence-corrected chi connectivity index (χ3v) is 4.30. The molecule has 1 aliphatic rings. The highest BCUT2D eigenvalue weighted by Gasteiger charge is 2.31. The molecule has 5 nitrogen and oxygen atoms in total. The van der Waals surface area contributed by atoms with Gasteiger partial charge < -0.3 is 20.1 Å². The molecule has 0 bridgehead atoms. The molecule has 5 heteroatoms. The highest BCUT2D eigenvalue weighted by atomic mass is 16.6. The van der Waals surface area contributed by atoms with E-state index in [4.69, 9.17) is 9.47 Å². The Morgan fingerprint density at radius 2 is 1.86 bits per heavy atom. The fraction of sp³-hybridized carbons (Fsp3) is 0.941. The minimum atomic E-state index is -0.469. The van der Waals surface area contributed by atoms with Crippen molar-refractivity contribution < 1.29 is 14.3 Å². The lowest BCUT2D eigenvalue weighted by Gasteiger charge is -2.35. The van der Waals surface area contributed by atoms with Crippen LogP contribution in [0.2, 0.25) is 0 Å². The number of hydrogen-bond acceptors (Lipinski definition) is 4. The zero-order chi connectivity index (χ0) is 16.6. The second kappa shape index (κ2) is 8.73. The molecule has 22 heavy (non-hydrogen) atoms. The summed E-state index contributed by atoms with van der Waals surface area (Å²) in [6, 6.07) is 0.473. The summed E-state index contributed by atoms with van der Waals surface area (Å²) in [5.41, 5.74) is -0.723. The van der Waals surface area contributed by atoms with Crippen molar-refractivity contribution in [1.82, 2.24) is 10.6 Å². The van der Waals surface area contributed by atoms with Gasteiger partial charge in [0.05, 0.1) is 5.54 Å². The van der Waals surface area contributed by atoms with E-state index in [-0.39, 0.29) is 11.6 Å². The zero-order valence-corrected chi connectivity index (χ0v) is 15.0. The Morgan fingerprint density at radius 1 is 1.18 bits per heavy atom. The summed E-state index contributed by atoms with van der Waals surface area (Å²) in [7, 11) is 0. The maximum Gasteiger partial charge on any atom is 0.408 e. The molecule has 0 spiro atoms. The molecule has 2 N–H and O–H groups in total. The lowest BCUT2D eigenvalue weighted by molar-refractivity contribution is 0.0443. The second-order valence-corrected chi connectivity index (χ2v) is 7.24. The third-order valence-electron chi connectivity index (χ3n) is 4.30. The molecule has 0 radical (unpaired) electrons. The van der Waals surface area contributed by atoms with Crippen molar-refractivity contribution in [3.05, 3.63) is 0 Å². The molecular weight excluding hydrogens is 280 g/mol. The van der Waals surface area contributed by atoms with Gasteiger partial charge in [-0.2, -0.15) is 0 Å². The van der Waals surface area contributed by atoms with Crippen LogP contribution in [0, 0.1) is 0 Å². The van der Waals surface area contributed by atoms with Gasteiger partial charge in [-0.3, -0.25) is 0 Å². The zero-order valence-electron chi connectivity index (χ0n) is 15.0. The monoisotopic (exact) mass is 314 g/mol. The van der Waals surface area contributed by atoms with E-state index in [0.29, 0.717) is 6.04 Å². The van der Waals surface area contributed by atoms with E-state index in [1.165, 1.54) is 0 Å². The Hall–Kier alpha value is -0.810. The van der Waals surface area contributed by atoms with Crippen molar-refractivity contribution in [1.29, 1.82) is 0 Å². The standard InChI is InChI=1S/C17H34N2O3/c1-6-17(7-2,19-15(20)22-16(3,4)5)13-18-14-9-8-11-21-12-10-14/h14,18H,6-13H2,1-5H3,(H,19,20). The maximum atomic E-state index is 12.1. The van der Waals surface area contributed by atoms with Gasteiger partial charge in [0.1, 0.15) is 5.60 Å². The summed E-state index contributed by atoms with van der Waals surface area (Å²) in [5, 5.41) is 6.71. The first-order valence-corrected chi connectivity index (χ1v) is 8.62. The van der Waals surface area contributed by atoms with Gasteiger partial charge in [-0.15, -0.1) is 0 Å². The van der Waals surface area contributed by atoms with Crippen LogP contribution in [0.1, 0.15) is 66.7 Å². The average molecular weight is 314 g/mol. The van der Waals surface area contributed by atoms with Crippen LogP contribution in [-0.2, 0) is 9.47 Å². The Balaban J connectivity index is 2.55. The molecule has 0 aromatic rings. The van der Waals surface area contributed by atoms with Crippen molar-refractivity contribution in [3.63, 3.8) is 0 Å². The molecule has 130 valence electrons. The normalized spacial score (nSPS) is 20.3. The molecule has 1 unspecified atom stereocenters. The largest absolute Gasteiger partial charge is 0.444 e. The van der Waals surface area contributed by atoms with E-state index in [2.05, 4.69) is 24.5 Å². The number of carbonyl (C=O) groups is 1. The van der Waals surface area contributed by atoms with Gasteiger partial charge in [-0.1, -0.05) is 13.8 Å². The van der Waals surface area contributed by atoms with E-state index in [9.17, 15) is 4.79 Å². The minimum absolute atomic E-state index is 0.254. The molecule has 1 aliphatic heterocycles. The van der Waals surface area contributed by atoms with Gasteiger partial charge in [-0.05, 0) is 52.9 Å².